The van der Waals surface area contributed by atoms with Crippen molar-refractivity contribution in [1.82, 2.24) is 4.90 Å². The van der Waals surface area contributed by atoms with Crippen LogP contribution >= 0.6 is 0 Å². The first-order chi connectivity index (χ1) is 10.6. The first-order valence-corrected chi connectivity index (χ1v) is 9.57. The van der Waals surface area contributed by atoms with E-state index >= 15 is 0 Å². The Labute approximate surface area is 141 Å². The fourth-order valence-electron chi connectivity index (χ4n) is 2.16. The molecule has 1 rings (SSSR count). The summed E-state index contributed by atoms with van der Waals surface area (Å²) in [5.41, 5.74) is 0. The molecule has 1 fully saturated rings. The van der Waals surface area contributed by atoms with Crippen molar-refractivity contribution in [3.63, 3.8) is 0 Å². The minimum Gasteiger partial charge on any atom is -0.498 e. The van der Waals surface area contributed by atoms with Gasteiger partial charge in [0.25, 0.3) is 0 Å². The number of ether oxygens (including phenoxy) is 1. The third-order valence-corrected chi connectivity index (χ3v) is 3.59. The molecule has 1 atom stereocenters. The van der Waals surface area contributed by atoms with Crippen LogP contribution < -0.4 is 0 Å². The van der Waals surface area contributed by atoms with Gasteiger partial charge in [-0.3, -0.25) is 0 Å². The maximum Gasteiger partial charge on any atom is 0.0932 e. The van der Waals surface area contributed by atoms with Gasteiger partial charge < -0.3 is 9.64 Å². The lowest BCUT2D eigenvalue weighted by atomic mass is 10.1. The molecule has 0 aliphatic carbocycles. The van der Waals surface area contributed by atoms with Gasteiger partial charge in [0, 0.05) is 12.5 Å². The smallest absolute Gasteiger partial charge is 0.0932 e. The molecule has 0 amide bonds. The molecule has 134 valence electrons. The van der Waals surface area contributed by atoms with Gasteiger partial charge in [-0.05, 0) is 26.4 Å². The highest BCUT2D eigenvalue weighted by molar-refractivity contribution is 4.96. The molecule has 0 N–H and O–H groups in total. The van der Waals surface area contributed by atoms with E-state index in [1.165, 1.54) is 51.5 Å². The van der Waals surface area contributed by atoms with Gasteiger partial charge in [0.1, 0.15) is 0 Å². The molecule has 1 heterocycles. The Morgan fingerprint density at radius 1 is 1.00 bits per heavy atom. The van der Waals surface area contributed by atoms with Gasteiger partial charge in [-0.2, -0.15) is 0 Å². The van der Waals surface area contributed by atoms with Gasteiger partial charge in [-0.15, -0.1) is 0 Å². The second-order valence-corrected chi connectivity index (χ2v) is 6.33. The van der Waals surface area contributed by atoms with E-state index in [0.29, 0.717) is 5.92 Å². The van der Waals surface area contributed by atoms with Gasteiger partial charge in [0.15, 0.2) is 0 Å². The highest BCUT2D eigenvalue weighted by Crippen LogP contribution is 2.22. The van der Waals surface area contributed by atoms with Gasteiger partial charge in [0.2, 0.25) is 0 Å². The predicted octanol–water partition coefficient (Wildman–Crippen LogP) is 6.27. The van der Waals surface area contributed by atoms with Crippen molar-refractivity contribution in [1.29, 1.82) is 0 Å². The molecule has 0 aromatic heterocycles. The first-order valence-electron chi connectivity index (χ1n) is 9.57. The van der Waals surface area contributed by atoms with Crippen molar-refractivity contribution in [2.45, 2.75) is 86.0 Å². The van der Waals surface area contributed by atoms with Crippen molar-refractivity contribution >= 4 is 0 Å². The number of hydrogen-bond acceptors (Lipinski definition) is 2. The fraction of sp³-hybridized carbons (Fsp3) is 0.900. The standard InChI is InChI=1S/C11H21NO.C6H14.C3H8/c1-4-5-8-13-10(2)11-6-7-12(3)9-11;1-3-5-6-4-2;1-3-2/h11H,2,4-9H2,1,3H3;3-6H2,1-2H3;3H2,1-2H3. The SMILES string of the molecule is C=C(OCCCC)C1CCN(C)C1.CCC.CCCCCC. The summed E-state index contributed by atoms with van der Waals surface area (Å²) in [6.07, 6.45) is 10.3. The van der Waals surface area contributed by atoms with Gasteiger partial charge in [0.05, 0.1) is 12.4 Å². The maximum atomic E-state index is 5.59. The number of likely N-dealkylation sites (tertiary alicyclic amines) is 1. The van der Waals surface area contributed by atoms with E-state index in [2.05, 4.69) is 53.1 Å². The summed E-state index contributed by atoms with van der Waals surface area (Å²) in [6.45, 7) is 18.0. The summed E-state index contributed by atoms with van der Waals surface area (Å²) in [5, 5.41) is 0. The van der Waals surface area contributed by atoms with Crippen LogP contribution in [0.4, 0.5) is 0 Å². The molecule has 0 spiro atoms. The Bertz CT molecular complexity index is 224. The van der Waals surface area contributed by atoms with E-state index in [-0.39, 0.29) is 0 Å². The van der Waals surface area contributed by atoms with Crippen molar-refractivity contribution in [2.75, 3.05) is 26.7 Å². The number of rotatable bonds is 8. The number of hydrogen-bond donors (Lipinski definition) is 0. The van der Waals surface area contributed by atoms with E-state index in [4.69, 9.17) is 4.74 Å². The summed E-state index contributed by atoms with van der Waals surface area (Å²) >= 11 is 0. The molecule has 0 bridgehead atoms. The van der Waals surface area contributed by atoms with Crippen LogP contribution in [-0.2, 0) is 4.74 Å². The molecule has 1 aliphatic rings. The van der Waals surface area contributed by atoms with Crippen LogP contribution in [0.15, 0.2) is 12.3 Å². The highest BCUT2D eigenvalue weighted by atomic mass is 16.5. The molecule has 1 unspecified atom stereocenters. The van der Waals surface area contributed by atoms with Gasteiger partial charge >= 0.3 is 0 Å². The average molecular weight is 314 g/mol. The Morgan fingerprint density at radius 3 is 1.86 bits per heavy atom. The van der Waals surface area contributed by atoms with Crippen molar-refractivity contribution < 1.29 is 4.74 Å². The van der Waals surface area contributed by atoms with E-state index < -0.39 is 0 Å². The van der Waals surface area contributed by atoms with Crippen LogP contribution in [-0.4, -0.2) is 31.6 Å². The lowest BCUT2D eigenvalue weighted by Crippen LogP contribution is -2.15. The summed E-state index contributed by atoms with van der Waals surface area (Å²) in [7, 11) is 2.15. The topological polar surface area (TPSA) is 12.5 Å². The zero-order valence-corrected chi connectivity index (χ0v) is 16.4. The molecule has 1 saturated heterocycles. The summed E-state index contributed by atoms with van der Waals surface area (Å²) in [5.74, 6) is 1.57. The molecule has 1 aliphatic heterocycles. The lowest BCUT2D eigenvalue weighted by molar-refractivity contribution is 0.175. The third-order valence-electron chi connectivity index (χ3n) is 3.59. The third kappa shape index (κ3) is 15.9. The van der Waals surface area contributed by atoms with Crippen LogP contribution in [0.3, 0.4) is 0 Å². The van der Waals surface area contributed by atoms with Gasteiger partial charge in [-0.25, -0.2) is 0 Å². The Morgan fingerprint density at radius 2 is 1.50 bits per heavy atom. The zero-order valence-electron chi connectivity index (χ0n) is 16.4. The molecule has 2 nitrogen and oxygen atoms in total. The monoisotopic (exact) mass is 313 g/mol. The van der Waals surface area contributed by atoms with Crippen LogP contribution in [0.25, 0.3) is 0 Å². The van der Waals surface area contributed by atoms with E-state index in [9.17, 15) is 0 Å². The Hall–Kier alpha value is -0.500. The van der Waals surface area contributed by atoms with Crippen LogP contribution in [0.5, 0.6) is 0 Å². The minimum atomic E-state index is 0.571. The molecule has 0 aromatic rings. The predicted molar refractivity (Wildman–Crippen MR) is 101 cm³/mol. The van der Waals surface area contributed by atoms with Crippen molar-refractivity contribution in [2.24, 2.45) is 5.92 Å². The maximum absolute atomic E-state index is 5.59. The average Bonchev–Trinajstić information content (AvgIpc) is 2.93. The first kappa shape index (κ1) is 23.8. The summed E-state index contributed by atoms with van der Waals surface area (Å²) < 4.78 is 5.59. The Balaban J connectivity index is 0. The van der Waals surface area contributed by atoms with E-state index in [0.717, 1.165) is 25.3 Å². The van der Waals surface area contributed by atoms with E-state index in [1.807, 2.05) is 0 Å². The lowest BCUT2D eigenvalue weighted by Gasteiger charge is -2.14. The zero-order chi connectivity index (χ0) is 17.2. The number of unbranched alkanes of at least 4 members (excludes halogenated alkanes) is 4. The highest BCUT2D eigenvalue weighted by Gasteiger charge is 2.22. The normalized spacial score (nSPS) is 17.1. The molecular formula is C20H43NO. The van der Waals surface area contributed by atoms with Gasteiger partial charge in [-0.1, -0.05) is 79.7 Å². The fourth-order valence-corrected chi connectivity index (χ4v) is 2.16. The largest absolute Gasteiger partial charge is 0.498 e. The molecule has 0 radical (unpaired) electrons. The number of nitrogens with zero attached hydrogens (tertiary/aromatic N) is 1. The van der Waals surface area contributed by atoms with Crippen molar-refractivity contribution in [3.05, 3.63) is 12.3 Å². The molecular weight excluding hydrogens is 270 g/mol. The van der Waals surface area contributed by atoms with Crippen LogP contribution in [0.2, 0.25) is 0 Å². The second kappa shape index (κ2) is 18.5. The molecule has 0 saturated carbocycles. The summed E-state index contributed by atoms with van der Waals surface area (Å²) in [4.78, 5) is 2.33. The summed E-state index contributed by atoms with van der Waals surface area (Å²) in [6, 6.07) is 0. The van der Waals surface area contributed by atoms with Crippen molar-refractivity contribution in [3.8, 4) is 0 Å². The Kier molecular flexibility index (Phi) is 20.0. The molecule has 22 heavy (non-hydrogen) atoms. The molecule has 2 heteroatoms. The van der Waals surface area contributed by atoms with E-state index in [1.54, 1.807) is 0 Å². The minimum absolute atomic E-state index is 0.571. The van der Waals surface area contributed by atoms with Crippen LogP contribution in [0, 0.1) is 5.92 Å². The quantitative estimate of drug-likeness (QED) is 0.386. The van der Waals surface area contributed by atoms with Crippen LogP contribution in [0.1, 0.15) is 86.0 Å². The second-order valence-electron chi connectivity index (χ2n) is 6.33. The molecule has 0 aromatic carbocycles.